The fraction of sp³-hybridized carbons (Fsp3) is 0.478. The number of benzene rings is 1. The van der Waals surface area contributed by atoms with Gasteiger partial charge < -0.3 is 14.7 Å². The van der Waals surface area contributed by atoms with Crippen LogP contribution >= 0.6 is 0 Å². The Bertz CT molecular complexity index is 1270. The highest BCUT2D eigenvalue weighted by atomic mass is 16.5. The molecule has 3 aromatic rings. The molecule has 1 fully saturated rings. The molecule has 180 valence electrons. The second kappa shape index (κ2) is 10.1. The molecule has 0 unspecified atom stereocenters. The summed E-state index contributed by atoms with van der Waals surface area (Å²) in [5, 5.41) is 10.8. The molecule has 1 saturated heterocycles. The van der Waals surface area contributed by atoms with Crippen LogP contribution in [0.3, 0.4) is 0 Å². The third kappa shape index (κ3) is 4.98. The van der Waals surface area contributed by atoms with Crippen LogP contribution in [0.5, 0.6) is 0 Å². The molecule has 2 aromatic heterocycles. The van der Waals surface area contributed by atoms with E-state index in [9.17, 15) is 14.4 Å². The number of piperidine rings is 1. The number of likely N-dealkylation sites (tertiary alicyclic amines) is 1. The number of amides is 1. The van der Waals surface area contributed by atoms with Gasteiger partial charge in [-0.3, -0.25) is 14.2 Å². The minimum atomic E-state index is -0.650. The molecule has 3 heterocycles. The van der Waals surface area contributed by atoms with E-state index in [2.05, 4.69) is 32.4 Å². The second-order valence-corrected chi connectivity index (χ2v) is 8.63. The highest BCUT2D eigenvalue weighted by Crippen LogP contribution is 2.15. The normalized spacial score (nSPS) is 14.9. The Labute approximate surface area is 196 Å². The molecule has 1 amide bonds. The van der Waals surface area contributed by atoms with E-state index < -0.39 is 17.2 Å². The number of rotatable bonds is 7. The van der Waals surface area contributed by atoms with Crippen molar-refractivity contribution in [2.24, 2.45) is 5.92 Å². The van der Waals surface area contributed by atoms with Gasteiger partial charge in [-0.15, -0.1) is 0 Å². The van der Waals surface area contributed by atoms with Gasteiger partial charge in [0.2, 0.25) is 5.82 Å². The number of carbonyl (C=O) groups excluding carboxylic acids is 1. The minimum Gasteiger partial charge on any atom is -0.347 e. The van der Waals surface area contributed by atoms with Crippen molar-refractivity contribution < 1.29 is 9.32 Å². The summed E-state index contributed by atoms with van der Waals surface area (Å²) in [7, 11) is 0. The monoisotopic (exact) mass is 467 g/mol. The lowest BCUT2D eigenvalue weighted by Crippen LogP contribution is -2.41. The largest absolute Gasteiger partial charge is 0.352 e. The van der Waals surface area contributed by atoms with Gasteiger partial charge in [-0.25, -0.2) is 4.79 Å². The SMILES string of the molecule is CCn1c(=O)c(-c2noc(C(=O)NCCN3CCC(C)CC3)n2)nn(-c2ccc(C)cc2)c1=O. The maximum atomic E-state index is 12.9. The Hall–Kier alpha value is -3.60. The van der Waals surface area contributed by atoms with Gasteiger partial charge in [0.15, 0.2) is 5.69 Å². The lowest BCUT2D eigenvalue weighted by molar-refractivity contribution is 0.0901. The van der Waals surface area contributed by atoms with Crippen molar-refractivity contribution in [3.63, 3.8) is 0 Å². The molecular formula is C23H29N7O4. The number of hydrogen-bond acceptors (Lipinski definition) is 8. The molecule has 1 N–H and O–H groups in total. The Balaban J connectivity index is 1.53. The fourth-order valence-electron chi connectivity index (χ4n) is 3.89. The predicted molar refractivity (Wildman–Crippen MR) is 125 cm³/mol. The summed E-state index contributed by atoms with van der Waals surface area (Å²) in [4.78, 5) is 44.5. The van der Waals surface area contributed by atoms with Crippen molar-refractivity contribution in [2.45, 2.75) is 40.2 Å². The van der Waals surface area contributed by atoms with Crippen LogP contribution in [-0.2, 0) is 6.54 Å². The van der Waals surface area contributed by atoms with Crippen LogP contribution in [0.2, 0.25) is 0 Å². The molecule has 1 aromatic carbocycles. The van der Waals surface area contributed by atoms with Crippen LogP contribution in [0, 0.1) is 12.8 Å². The van der Waals surface area contributed by atoms with Crippen molar-refractivity contribution >= 4 is 5.91 Å². The van der Waals surface area contributed by atoms with E-state index >= 15 is 0 Å². The zero-order valence-electron chi connectivity index (χ0n) is 19.7. The standard InChI is InChI=1S/C23H29N7O4/c1-4-29-22(32)18(26-30(23(29)33)17-7-5-15(2)6-8-17)19-25-21(34-27-19)20(31)24-11-14-28-12-9-16(3)10-13-28/h5-8,16H,4,9-14H2,1-3H3,(H,24,31). The maximum Gasteiger partial charge on any atom is 0.352 e. The van der Waals surface area contributed by atoms with E-state index in [0.29, 0.717) is 12.2 Å². The Morgan fingerprint density at radius 1 is 1.18 bits per heavy atom. The van der Waals surface area contributed by atoms with Crippen molar-refractivity contribution in [1.82, 2.24) is 34.7 Å². The second-order valence-electron chi connectivity index (χ2n) is 8.63. The van der Waals surface area contributed by atoms with Crippen LogP contribution in [0.4, 0.5) is 0 Å². The smallest absolute Gasteiger partial charge is 0.347 e. The summed E-state index contributed by atoms with van der Waals surface area (Å²) < 4.78 is 7.25. The topological polar surface area (TPSA) is 128 Å². The van der Waals surface area contributed by atoms with Gasteiger partial charge in [-0.05, 0) is 57.8 Å². The van der Waals surface area contributed by atoms with E-state index in [4.69, 9.17) is 4.52 Å². The zero-order chi connectivity index (χ0) is 24.2. The molecule has 1 aliphatic rings. The van der Waals surface area contributed by atoms with E-state index in [1.165, 1.54) is 0 Å². The highest BCUT2D eigenvalue weighted by Gasteiger charge is 2.23. The van der Waals surface area contributed by atoms with Crippen LogP contribution in [0.15, 0.2) is 38.4 Å². The van der Waals surface area contributed by atoms with E-state index in [1.807, 2.05) is 19.1 Å². The molecular weight excluding hydrogens is 438 g/mol. The first-order valence-corrected chi connectivity index (χ1v) is 11.5. The first kappa shape index (κ1) is 23.6. The fourth-order valence-corrected chi connectivity index (χ4v) is 3.89. The first-order valence-electron chi connectivity index (χ1n) is 11.5. The van der Waals surface area contributed by atoms with Gasteiger partial charge in [0, 0.05) is 19.6 Å². The molecule has 0 aliphatic carbocycles. The summed E-state index contributed by atoms with van der Waals surface area (Å²) in [5.41, 5.74) is 0.112. The molecule has 11 heteroatoms. The summed E-state index contributed by atoms with van der Waals surface area (Å²) in [6.07, 6.45) is 2.32. The summed E-state index contributed by atoms with van der Waals surface area (Å²) in [6, 6.07) is 7.14. The molecule has 0 bridgehead atoms. The van der Waals surface area contributed by atoms with Gasteiger partial charge in [0.05, 0.1) is 5.69 Å². The number of hydrogen-bond donors (Lipinski definition) is 1. The summed E-state index contributed by atoms with van der Waals surface area (Å²) in [5.74, 6) is -0.191. The quantitative estimate of drug-likeness (QED) is 0.550. The van der Waals surface area contributed by atoms with Crippen molar-refractivity contribution in [1.29, 1.82) is 0 Å². The van der Waals surface area contributed by atoms with Crippen molar-refractivity contribution in [2.75, 3.05) is 26.2 Å². The molecule has 0 spiro atoms. The number of nitrogens with one attached hydrogen (secondary N) is 1. The van der Waals surface area contributed by atoms with Crippen LogP contribution in [0.1, 0.15) is 42.9 Å². The Morgan fingerprint density at radius 3 is 2.56 bits per heavy atom. The molecule has 1 aliphatic heterocycles. The Kier molecular flexibility index (Phi) is 7.01. The average Bonchev–Trinajstić information content (AvgIpc) is 3.32. The third-order valence-corrected chi connectivity index (χ3v) is 6.08. The van der Waals surface area contributed by atoms with E-state index in [-0.39, 0.29) is 24.0 Å². The van der Waals surface area contributed by atoms with E-state index in [1.54, 1.807) is 19.1 Å². The maximum absolute atomic E-state index is 12.9. The van der Waals surface area contributed by atoms with Crippen molar-refractivity contribution in [3.05, 3.63) is 56.6 Å². The van der Waals surface area contributed by atoms with Gasteiger partial charge in [0.1, 0.15) is 0 Å². The van der Waals surface area contributed by atoms with Gasteiger partial charge in [-0.2, -0.15) is 14.8 Å². The molecule has 34 heavy (non-hydrogen) atoms. The molecule has 0 atom stereocenters. The highest BCUT2D eigenvalue weighted by molar-refractivity contribution is 5.89. The number of nitrogens with zero attached hydrogens (tertiary/aromatic N) is 6. The number of aryl methyl sites for hydroxylation is 1. The first-order chi connectivity index (χ1) is 16.4. The zero-order valence-corrected chi connectivity index (χ0v) is 19.7. The Morgan fingerprint density at radius 2 is 1.88 bits per heavy atom. The van der Waals surface area contributed by atoms with Gasteiger partial charge in [0.25, 0.3) is 5.56 Å². The molecule has 4 rings (SSSR count). The molecule has 11 nitrogen and oxygen atoms in total. The van der Waals surface area contributed by atoms with Gasteiger partial charge >= 0.3 is 17.5 Å². The number of aromatic nitrogens is 5. The lowest BCUT2D eigenvalue weighted by Gasteiger charge is -2.29. The average molecular weight is 468 g/mol. The van der Waals surface area contributed by atoms with Crippen LogP contribution in [0.25, 0.3) is 17.2 Å². The van der Waals surface area contributed by atoms with Gasteiger partial charge in [-0.1, -0.05) is 29.8 Å². The summed E-state index contributed by atoms with van der Waals surface area (Å²) >= 11 is 0. The molecule has 0 radical (unpaired) electrons. The molecule has 0 saturated carbocycles. The minimum absolute atomic E-state index is 0.138. The van der Waals surface area contributed by atoms with E-state index in [0.717, 1.165) is 53.2 Å². The third-order valence-electron chi connectivity index (χ3n) is 6.08. The van der Waals surface area contributed by atoms with Crippen LogP contribution in [-0.4, -0.2) is 61.5 Å². The predicted octanol–water partition coefficient (Wildman–Crippen LogP) is 1.23. The van der Waals surface area contributed by atoms with Crippen LogP contribution < -0.4 is 16.6 Å². The number of carbonyl (C=O) groups is 1. The van der Waals surface area contributed by atoms with Crippen molar-refractivity contribution in [3.8, 4) is 17.2 Å². The summed E-state index contributed by atoms with van der Waals surface area (Å²) in [6.45, 7) is 9.24. The lowest BCUT2D eigenvalue weighted by atomic mass is 9.99.